The first-order chi connectivity index (χ1) is 6.85. The molecule has 0 aliphatic heterocycles. The molecule has 0 amide bonds. The lowest BCUT2D eigenvalue weighted by Gasteiger charge is -2.12. The molecule has 1 fully saturated rings. The lowest BCUT2D eigenvalue weighted by Crippen LogP contribution is -2.12. The minimum Gasteiger partial charge on any atom is -0.369 e. The van der Waals surface area contributed by atoms with Crippen molar-refractivity contribution in [2.75, 3.05) is 0 Å². The molecule has 2 rings (SSSR count). The van der Waals surface area contributed by atoms with E-state index in [1.165, 1.54) is 5.56 Å². The van der Waals surface area contributed by atoms with Gasteiger partial charge in [0.15, 0.2) is 0 Å². The molecule has 0 bridgehead atoms. The molecule has 72 valence electrons. The maximum Gasteiger partial charge on any atom is 0.0818 e. The van der Waals surface area contributed by atoms with E-state index >= 15 is 0 Å². The van der Waals surface area contributed by atoms with Gasteiger partial charge in [0.1, 0.15) is 0 Å². The summed E-state index contributed by atoms with van der Waals surface area (Å²) in [5.74, 6) is 0. The van der Waals surface area contributed by atoms with E-state index < -0.39 is 0 Å². The standard InChI is InChI=1S/C12H13NO/c13-9-8-12(6-7-12)14-10-11-4-2-1-3-5-11/h1-5H,6-8,10H2. The summed E-state index contributed by atoms with van der Waals surface area (Å²) < 4.78 is 5.74. The summed E-state index contributed by atoms with van der Waals surface area (Å²) in [5, 5.41) is 8.61. The van der Waals surface area contributed by atoms with Gasteiger partial charge in [-0.05, 0) is 18.4 Å². The fourth-order valence-corrected chi connectivity index (χ4v) is 1.47. The highest BCUT2D eigenvalue weighted by Gasteiger charge is 2.43. The smallest absolute Gasteiger partial charge is 0.0818 e. The van der Waals surface area contributed by atoms with Gasteiger partial charge in [-0.3, -0.25) is 0 Å². The van der Waals surface area contributed by atoms with Crippen molar-refractivity contribution < 1.29 is 4.74 Å². The minimum atomic E-state index is -0.107. The average molecular weight is 187 g/mol. The Bertz CT molecular complexity index is 335. The highest BCUT2D eigenvalue weighted by Crippen LogP contribution is 2.42. The zero-order valence-corrected chi connectivity index (χ0v) is 8.07. The van der Waals surface area contributed by atoms with Gasteiger partial charge in [0, 0.05) is 0 Å². The van der Waals surface area contributed by atoms with E-state index in [2.05, 4.69) is 6.07 Å². The van der Waals surface area contributed by atoms with Crippen LogP contribution in [-0.2, 0) is 11.3 Å². The van der Waals surface area contributed by atoms with Crippen LogP contribution in [-0.4, -0.2) is 5.60 Å². The Labute approximate surface area is 84.1 Å². The van der Waals surface area contributed by atoms with E-state index in [1.54, 1.807) is 0 Å². The molecule has 0 unspecified atom stereocenters. The molecule has 0 atom stereocenters. The topological polar surface area (TPSA) is 33.0 Å². The van der Waals surface area contributed by atoms with E-state index in [0.29, 0.717) is 13.0 Å². The molecule has 0 N–H and O–H groups in total. The summed E-state index contributed by atoms with van der Waals surface area (Å²) >= 11 is 0. The number of benzene rings is 1. The SMILES string of the molecule is N#CCC1(OCc2ccccc2)CC1. The Balaban J connectivity index is 1.87. The number of nitrogens with zero attached hydrogens (tertiary/aromatic N) is 1. The molecule has 0 saturated heterocycles. The maximum absolute atomic E-state index is 8.61. The van der Waals surface area contributed by atoms with Gasteiger partial charge in [-0.2, -0.15) is 5.26 Å². The van der Waals surface area contributed by atoms with Crippen LogP contribution in [0, 0.1) is 11.3 Å². The Morgan fingerprint density at radius 1 is 1.29 bits per heavy atom. The van der Waals surface area contributed by atoms with Crippen molar-refractivity contribution in [2.24, 2.45) is 0 Å². The number of rotatable bonds is 4. The summed E-state index contributed by atoms with van der Waals surface area (Å²) in [7, 11) is 0. The largest absolute Gasteiger partial charge is 0.369 e. The molecule has 2 heteroatoms. The molecule has 0 radical (unpaired) electrons. The Morgan fingerprint density at radius 2 is 2.00 bits per heavy atom. The van der Waals surface area contributed by atoms with Crippen LogP contribution in [0.15, 0.2) is 30.3 Å². The van der Waals surface area contributed by atoms with E-state index in [9.17, 15) is 0 Å². The third kappa shape index (κ3) is 2.12. The third-order valence-corrected chi connectivity index (χ3v) is 2.60. The molecule has 1 aliphatic carbocycles. The van der Waals surface area contributed by atoms with Crippen molar-refractivity contribution in [1.29, 1.82) is 5.26 Å². The van der Waals surface area contributed by atoms with Crippen molar-refractivity contribution in [3.8, 4) is 6.07 Å². The summed E-state index contributed by atoms with van der Waals surface area (Å²) in [6.45, 7) is 0.628. The molecule has 1 saturated carbocycles. The van der Waals surface area contributed by atoms with E-state index in [-0.39, 0.29) is 5.60 Å². The van der Waals surface area contributed by atoms with Crippen LogP contribution in [0.3, 0.4) is 0 Å². The summed E-state index contributed by atoms with van der Waals surface area (Å²) in [5.41, 5.74) is 1.07. The van der Waals surface area contributed by atoms with E-state index in [1.807, 2.05) is 30.3 Å². The summed E-state index contributed by atoms with van der Waals surface area (Å²) in [6.07, 6.45) is 2.60. The molecule has 14 heavy (non-hydrogen) atoms. The van der Waals surface area contributed by atoms with Crippen LogP contribution in [0.2, 0.25) is 0 Å². The molecular weight excluding hydrogens is 174 g/mol. The highest BCUT2D eigenvalue weighted by atomic mass is 16.5. The van der Waals surface area contributed by atoms with Gasteiger partial charge in [-0.25, -0.2) is 0 Å². The highest BCUT2D eigenvalue weighted by molar-refractivity contribution is 5.14. The van der Waals surface area contributed by atoms with Gasteiger partial charge in [0.25, 0.3) is 0 Å². The normalized spacial score (nSPS) is 17.4. The number of hydrogen-bond donors (Lipinski definition) is 0. The fourth-order valence-electron chi connectivity index (χ4n) is 1.47. The second kappa shape index (κ2) is 3.81. The van der Waals surface area contributed by atoms with Crippen LogP contribution in [0.4, 0.5) is 0 Å². The predicted octanol–water partition coefficient (Wildman–Crippen LogP) is 2.65. The van der Waals surface area contributed by atoms with Crippen LogP contribution in [0.25, 0.3) is 0 Å². The van der Waals surface area contributed by atoms with Gasteiger partial charge in [-0.15, -0.1) is 0 Å². The fraction of sp³-hybridized carbons (Fsp3) is 0.417. The molecule has 1 aromatic rings. The zero-order chi connectivity index (χ0) is 9.86. The number of hydrogen-bond acceptors (Lipinski definition) is 2. The van der Waals surface area contributed by atoms with Crippen molar-refractivity contribution in [2.45, 2.75) is 31.5 Å². The zero-order valence-electron chi connectivity index (χ0n) is 8.07. The van der Waals surface area contributed by atoms with E-state index in [0.717, 1.165) is 12.8 Å². The Morgan fingerprint density at radius 3 is 2.57 bits per heavy atom. The summed E-state index contributed by atoms with van der Waals surface area (Å²) in [4.78, 5) is 0. The predicted molar refractivity (Wildman–Crippen MR) is 53.4 cm³/mol. The van der Waals surface area contributed by atoms with Crippen LogP contribution in [0.5, 0.6) is 0 Å². The number of ether oxygens (including phenoxy) is 1. The molecule has 0 spiro atoms. The van der Waals surface area contributed by atoms with Gasteiger partial charge >= 0.3 is 0 Å². The quantitative estimate of drug-likeness (QED) is 0.726. The first-order valence-electron chi connectivity index (χ1n) is 4.89. The molecule has 0 aromatic heterocycles. The van der Waals surface area contributed by atoms with Gasteiger partial charge in [-0.1, -0.05) is 30.3 Å². The van der Waals surface area contributed by atoms with Crippen LogP contribution >= 0.6 is 0 Å². The van der Waals surface area contributed by atoms with Crippen LogP contribution < -0.4 is 0 Å². The van der Waals surface area contributed by atoms with E-state index in [4.69, 9.17) is 10.00 Å². The third-order valence-electron chi connectivity index (χ3n) is 2.60. The summed E-state index contributed by atoms with van der Waals surface area (Å²) in [6, 6.07) is 12.3. The first-order valence-corrected chi connectivity index (χ1v) is 4.89. The van der Waals surface area contributed by atoms with Crippen LogP contribution in [0.1, 0.15) is 24.8 Å². The minimum absolute atomic E-state index is 0.107. The molecule has 1 aliphatic rings. The Kier molecular flexibility index (Phi) is 2.51. The molecule has 2 nitrogen and oxygen atoms in total. The lowest BCUT2D eigenvalue weighted by atomic mass is 10.2. The average Bonchev–Trinajstić information content (AvgIpc) is 2.98. The van der Waals surface area contributed by atoms with Gasteiger partial charge in [0.05, 0.1) is 24.7 Å². The molecular formula is C12H13NO. The van der Waals surface area contributed by atoms with Crippen molar-refractivity contribution in [1.82, 2.24) is 0 Å². The molecule has 1 aromatic carbocycles. The number of nitriles is 1. The monoisotopic (exact) mass is 187 g/mol. The van der Waals surface area contributed by atoms with Crippen molar-refractivity contribution in [3.05, 3.63) is 35.9 Å². The van der Waals surface area contributed by atoms with Gasteiger partial charge < -0.3 is 4.74 Å². The van der Waals surface area contributed by atoms with Crippen molar-refractivity contribution >= 4 is 0 Å². The maximum atomic E-state index is 8.61. The van der Waals surface area contributed by atoms with Gasteiger partial charge in [0.2, 0.25) is 0 Å². The second-order valence-corrected chi connectivity index (χ2v) is 3.79. The Hall–Kier alpha value is -1.33. The molecule has 0 heterocycles. The van der Waals surface area contributed by atoms with Crippen molar-refractivity contribution in [3.63, 3.8) is 0 Å². The second-order valence-electron chi connectivity index (χ2n) is 3.79. The first kappa shape index (κ1) is 9.23. The lowest BCUT2D eigenvalue weighted by molar-refractivity contribution is 0.0234.